The third-order valence-corrected chi connectivity index (χ3v) is 5.82. The fourth-order valence-electron chi connectivity index (χ4n) is 2.69. The van der Waals surface area contributed by atoms with Crippen molar-refractivity contribution in [1.82, 2.24) is 0 Å². The van der Waals surface area contributed by atoms with Crippen LogP contribution >= 0.6 is 34.5 Å². The van der Waals surface area contributed by atoms with Crippen molar-refractivity contribution in [2.24, 2.45) is 0 Å². The summed E-state index contributed by atoms with van der Waals surface area (Å²) < 4.78 is 5.30. The number of carbonyl (C=O) groups excluding carboxylic acids is 2. The molecule has 132 valence electrons. The number of esters is 1. The molecule has 1 unspecified atom stereocenters. The lowest BCUT2D eigenvalue weighted by molar-refractivity contribution is -0.123. The monoisotopic (exact) mass is 397 g/mol. The Balaban J connectivity index is 1.63. The van der Waals surface area contributed by atoms with E-state index in [0.717, 1.165) is 25.7 Å². The lowest BCUT2D eigenvalue weighted by Crippen LogP contribution is -2.29. The second-order valence-electron chi connectivity index (χ2n) is 5.93. The van der Waals surface area contributed by atoms with E-state index in [1.807, 2.05) is 6.07 Å². The minimum absolute atomic E-state index is 0.363. The number of nitrogens with one attached hydrogen (secondary N) is 1. The number of ether oxygens (including phenoxy) is 1. The quantitative estimate of drug-likeness (QED) is 0.728. The molecule has 1 N–H and O–H groups in total. The van der Waals surface area contributed by atoms with Gasteiger partial charge in [-0.25, -0.2) is 4.79 Å². The summed E-state index contributed by atoms with van der Waals surface area (Å²) in [6.45, 7) is 1.53. The van der Waals surface area contributed by atoms with Gasteiger partial charge < -0.3 is 10.1 Å². The van der Waals surface area contributed by atoms with Gasteiger partial charge in [-0.3, -0.25) is 4.79 Å². The van der Waals surface area contributed by atoms with Gasteiger partial charge in [0.1, 0.15) is 4.88 Å². The van der Waals surface area contributed by atoms with Gasteiger partial charge in [0.05, 0.1) is 10.7 Å². The van der Waals surface area contributed by atoms with Crippen LogP contribution in [0.15, 0.2) is 24.3 Å². The first-order valence-electron chi connectivity index (χ1n) is 8.02. The number of aryl methyl sites for hydroxylation is 2. The Hall–Kier alpha value is -1.56. The first-order chi connectivity index (χ1) is 11.9. The van der Waals surface area contributed by atoms with Crippen molar-refractivity contribution in [2.45, 2.75) is 38.7 Å². The van der Waals surface area contributed by atoms with Gasteiger partial charge in [-0.1, -0.05) is 23.2 Å². The summed E-state index contributed by atoms with van der Waals surface area (Å²) in [6.07, 6.45) is 3.37. The third-order valence-electron chi connectivity index (χ3n) is 4.04. The number of anilines is 1. The maximum atomic E-state index is 12.3. The summed E-state index contributed by atoms with van der Waals surface area (Å²) in [5.41, 5.74) is 1.61. The minimum Gasteiger partial charge on any atom is -0.448 e. The van der Waals surface area contributed by atoms with Crippen LogP contribution < -0.4 is 5.32 Å². The Bertz CT molecular complexity index is 795. The Morgan fingerprint density at radius 1 is 1.20 bits per heavy atom. The van der Waals surface area contributed by atoms with Gasteiger partial charge in [0.25, 0.3) is 5.91 Å². The second kappa shape index (κ2) is 7.77. The summed E-state index contributed by atoms with van der Waals surface area (Å²) in [5.74, 6) is -0.932. The lowest BCUT2D eigenvalue weighted by Gasteiger charge is -2.14. The highest BCUT2D eigenvalue weighted by molar-refractivity contribution is 7.14. The van der Waals surface area contributed by atoms with Gasteiger partial charge in [0, 0.05) is 9.90 Å². The molecule has 1 heterocycles. The van der Waals surface area contributed by atoms with Crippen molar-refractivity contribution >= 4 is 52.1 Å². The van der Waals surface area contributed by atoms with Gasteiger partial charge in [0.15, 0.2) is 6.10 Å². The number of rotatable bonds is 4. The van der Waals surface area contributed by atoms with E-state index in [4.69, 9.17) is 27.9 Å². The van der Waals surface area contributed by atoms with Crippen LogP contribution in [0, 0.1) is 0 Å². The van der Waals surface area contributed by atoms with Gasteiger partial charge in [-0.2, -0.15) is 0 Å². The maximum absolute atomic E-state index is 12.3. The molecule has 0 fully saturated rings. The first kappa shape index (κ1) is 18.2. The largest absolute Gasteiger partial charge is 0.448 e. The molecule has 1 aliphatic rings. The fourth-order valence-corrected chi connectivity index (χ4v) is 4.16. The summed E-state index contributed by atoms with van der Waals surface area (Å²) in [7, 11) is 0. The molecule has 0 saturated heterocycles. The number of hydrogen-bond donors (Lipinski definition) is 1. The molecule has 0 radical (unpaired) electrons. The molecule has 0 bridgehead atoms. The lowest BCUT2D eigenvalue weighted by atomic mass is 9.99. The van der Waals surface area contributed by atoms with Gasteiger partial charge in [-0.15, -0.1) is 11.3 Å². The van der Waals surface area contributed by atoms with Crippen LogP contribution in [0.1, 0.15) is 39.9 Å². The summed E-state index contributed by atoms with van der Waals surface area (Å²) >= 11 is 13.4. The molecule has 0 spiro atoms. The number of hydrogen-bond acceptors (Lipinski definition) is 4. The summed E-state index contributed by atoms with van der Waals surface area (Å²) in [6, 6.07) is 6.65. The van der Waals surface area contributed by atoms with Crippen LogP contribution in [0.4, 0.5) is 5.69 Å². The minimum atomic E-state index is -0.943. The van der Waals surface area contributed by atoms with E-state index in [1.54, 1.807) is 18.2 Å². The molecule has 1 aliphatic carbocycles. The van der Waals surface area contributed by atoms with E-state index < -0.39 is 18.0 Å². The Kier molecular flexibility index (Phi) is 5.67. The van der Waals surface area contributed by atoms with E-state index in [-0.39, 0.29) is 0 Å². The number of halogens is 2. The van der Waals surface area contributed by atoms with Crippen molar-refractivity contribution in [3.63, 3.8) is 0 Å². The zero-order chi connectivity index (χ0) is 18.0. The van der Waals surface area contributed by atoms with E-state index in [9.17, 15) is 9.59 Å². The van der Waals surface area contributed by atoms with Crippen molar-refractivity contribution in [3.8, 4) is 0 Å². The number of fused-ring (bicyclic) bond motifs is 1. The van der Waals surface area contributed by atoms with Crippen molar-refractivity contribution in [1.29, 1.82) is 0 Å². The number of benzene rings is 1. The highest BCUT2D eigenvalue weighted by atomic mass is 35.5. The molecule has 3 rings (SSSR count). The van der Waals surface area contributed by atoms with Crippen LogP contribution in [0.5, 0.6) is 0 Å². The first-order valence-corrected chi connectivity index (χ1v) is 9.60. The average molecular weight is 398 g/mol. The molecule has 7 heteroatoms. The standard InChI is InChI=1S/C18H17Cl2NO3S/c1-10(17(22)21-14-9-12(19)6-7-13(14)20)24-18(23)16-8-11-4-2-3-5-15(11)25-16/h6-10H,2-5H2,1H3,(H,21,22). The predicted molar refractivity (Wildman–Crippen MR) is 101 cm³/mol. The van der Waals surface area contributed by atoms with E-state index in [0.29, 0.717) is 20.6 Å². The van der Waals surface area contributed by atoms with E-state index >= 15 is 0 Å². The molecule has 2 aromatic rings. The second-order valence-corrected chi connectivity index (χ2v) is 7.91. The molecule has 1 atom stereocenters. The van der Waals surface area contributed by atoms with Crippen molar-refractivity contribution in [3.05, 3.63) is 49.6 Å². The van der Waals surface area contributed by atoms with Gasteiger partial charge >= 0.3 is 5.97 Å². The van der Waals surface area contributed by atoms with Crippen molar-refractivity contribution in [2.75, 3.05) is 5.32 Å². The SMILES string of the molecule is CC(OC(=O)c1cc2c(s1)CCCC2)C(=O)Nc1cc(Cl)ccc1Cl. The van der Waals surface area contributed by atoms with Gasteiger partial charge in [0.2, 0.25) is 0 Å². The van der Waals surface area contributed by atoms with E-state index in [1.165, 1.54) is 28.7 Å². The molecule has 0 saturated carbocycles. The molecular weight excluding hydrogens is 381 g/mol. The summed E-state index contributed by atoms with van der Waals surface area (Å²) in [4.78, 5) is 26.4. The van der Waals surface area contributed by atoms with Crippen molar-refractivity contribution < 1.29 is 14.3 Å². The number of thiophene rings is 1. The highest BCUT2D eigenvalue weighted by Crippen LogP contribution is 2.30. The Labute approximate surface area is 160 Å². The predicted octanol–water partition coefficient (Wildman–Crippen LogP) is 5.12. The van der Waals surface area contributed by atoms with E-state index in [2.05, 4.69) is 5.32 Å². The Morgan fingerprint density at radius 2 is 1.96 bits per heavy atom. The molecule has 4 nitrogen and oxygen atoms in total. The number of carbonyl (C=O) groups is 2. The zero-order valence-corrected chi connectivity index (χ0v) is 15.9. The maximum Gasteiger partial charge on any atom is 0.349 e. The van der Waals surface area contributed by atoms with Crippen LogP contribution in [-0.4, -0.2) is 18.0 Å². The molecular formula is C18H17Cl2NO3S. The average Bonchev–Trinajstić information content (AvgIpc) is 3.02. The molecule has 1 aromatic heterocycles. The molecule has 0 aliphatic heterocycles. The molecule has 1 amide bonds. The smallest absolute Gasteiger partial charge is 0.349 e. The molecule has 25 heavy (non-hydrogen) atoms. The Morgan fingerprint density at radius 3 is 2.72 bits per heavy atom. The van der Waals surface area contributed by atoms with Gasteiger partial charge in [-0.05, 0) is 62.4 Å². The van der Waals surface area contributed by atoms with Crippen LogP contribution in [0.2, 0.25) is 10.0 Å². The van der Waals surface area contributed by atoms with Crippen LogP contribution in [0.3, 0.4) is 0 Å². The number of amides is 1. The van der Waals surface area contributed by atoms with Crippen LogP contribution in [0.25, 0.3) is 0 Å². The van der Waals surface area contributed by atoms with Crippen LogP contribution in [-0.2, 0) is 22.4 Å². The third kappa shape index (κ3) is 4.35. The zero-order valence-electron chi connectivity index (χ0n) is 13.6. The molecule has 1 aromatic carbocycles. The summed E-state index contributed by atoms with van der Waals surface area (Å²) in [5, 5.41) is 3.44. The normalized spacial score (nSPS) is 14.5. The fraction of sp³-hybridized carbons (Fsp3) is 0.333. The topological polar surface area (TPSA) is 55.4 Å². The highest BCUT2D eigenvalue weighted by Gasteiger charge is 2.23.